The molecule has 0 amide bonds. The van der Waals surface area contributed by atoms with E-state index in [4.69, 9.17) is 0 Å². The standard InChI is InChI=1S/C11H17NO2/c1-8(13)11(9(2)14)10-6-4-3-5-7-12-10/h13H,3-7H2,1-2H3/b11-8-. The number of rotatable bonds is 2. The number of allylic oxidation sites excluding steroid dienone is 2. The van der Waals surface area contributed by atoms with Gasteiger partial charge in [-0.25, -0.2) is 0 Å². The smallest absolute Gasteiger partial charge is 0.164 e. The van der Waals surface area contributed by atoms with Crippen molar-refractivity contribution in [3.63, 3.8) is 0 Å². The number of aliphatic hydroxyl groups is 1. The van der Waals surface area contributed by atoms with Gasteiger partial charge in [-0.1, -0.05) is 6.42 Å². The summed E-state index contributed by atoms with van der Waals surface area (Å²) in [5.41, 5.74) is 1.21. The van der Waals surface area contributed by atoms with Gasteiger partial charge in [0.1, 0.15) is 5.76 Å². The second kappa shape index (κ2) is 4.94. The highest BCUT2D eigenvalue weighted by Crippen LogP contribution is 2.15. The van der Waals surface area contributed by atoms with E-state index in [9.17, 15) is 9.90 Å². The lowest BCUT2D eigenvalue weighted by molar-refractivity contribution is -0.113. The highest BCUT2D eigenvalue weighted by Gasteiger charge is 2.16. The quantitative estimate of drug-likeness (QED) is 0.543. The maximum atomic E-state index is 11.3. The molecule has 0 fully saturated rings. The van der Waals surface area contributed by atoms with Crippen LogP contribution in [0.15, 0.2) is 16.3 Å². The van der Waals surface area contributed by atoms with E-state index in [1.807, 2.05) is 0 Å². The summed E-state index contributed by atoms with van der Waals surface area (Å²) in [6.07, 6.45) is 4.11. The Morgan fingerprint density at radius 3 is 2.57 bits per heavy atom. The number of carbonyl (C=O) groups is 1. The van der Waals surface area contributed by atoms with Gasteiger partial charge in [-0.3, -0.25) is 9.79 Å². The molecule has 0 spiro atoms. The Morgan fingerprint density at radius 1 is 1.29 bits per heavy atom. The molecule has 0 unspecified atom stereocenters. The lowest BCUT2D eigenvalue weighted by Crippen LogP contribution is -2.12. The van der Waals surface area contributed by atoms with Crippen molar-refractivity contribution in [3.8, 4) is 0 Å². The summed E-state index contributed by atoms with van der Waals surface area (Å²) in [6.45, 7) is 3.80. The van der Waals surface area contributed by atoms with Gasteiger partial charge in [-0.15, -0.1) is 0 Å². The minimum Gasteiger partial charge on any atom is -0.512 e. The Labute approximate surface area is 84.5 Å². The summed E-state index contributed by atoms with van der Waals surface area (Å²) in [5.74, 6) is 0.00352. The van der Waals surface area contributed by atoms with E-state index in [-0.39, 0.29) is 11.5 Å². The third-order valence-electron chi connectivity index (χ3n) is 2.38. The first kappa shape index (κ1) is 11.0. The molecule has 1 aliphatic heterocycles. The first-order valence-electron chi connectivity index (χ1n) is 5.07. The molecule has 0 aromatic carbocycles. The zero-order chi connectivity index (χ0) is 10.6. The third-order valence-corrected chi connectivity index (χ3v) is 2.38. The van der Waals surface area contributed by atoms with Gasteiger partial charge in [0.15, 0.2) is 5.78 Å². The highest BCUT2D eigenvalue weighted by molar-refractivity contribution is 6.21. The van der Waals surface area contributed by atoms with Crippen molar-refractivity contribution in [2.75, 3.05) is 6.54 Å². The summed E-state index contributed by atoms with van der Waals surface area (Å²) < 4.78 is 0. The molecule has 1 aliphatic rings. The second-order valence-electron chi connectivity index (χ2n) is 3.66. The molecule has 1 N–H and O–H groups in total. The van der Waals surface area contributed by atoms with Crippen LogP contribution in [0.5, 0.6) is 0 Å². The first-order chi connectivity index (χ1) is 6.63. The van der Waals surface area contributed by atoms with Crippen molar-refractivity contribution >= 4 is 11.5 Å². The Bertz CT molecular complexity index is 286. The van der Waals surface area contributed by atoms with Gasteiger partial charge in [-0.05, 0) is 33.1 Å². The van der Waals surface area contributed by atoms with Gasteiger partial charge < -0.3 is 5.11 Å². The zero-order valence-electron chi connectivity index (χ0n) is 8.84. The van der Waals surface area contributed by atoms with Crippen LogP contribution in [0.2, 0.25) is 0 Å². The topological polar surface area (TPSA) is 49.7 Å². The molecule has 1 rings (SSSR count). The lowest BCUT2D eigenvalue weighted by atomic mass is 10.0. The van der Waals surface area contributed by atoms with E-state index in [0.717, 1.165) is 37.9 Å². The Kier molecular flexibility index (Phi) is 3.86. The fourth-order valence-corrected chi connectivity index (χ4v) is 1.74. The lowest BCUT2D eigenvalue weighted by Gasteiger charge is -2.07. The summed E-state index contributed by atoms with van der Waals surface area (Å²) in [5, 5.41) is 9.40. The number of Topliss-reactive ketones (excluding diaryl/α,β-unsaturated/α-hetero) is 1. The van der Waals surface area contributed by atoms with E-state index in [2.05, 4.69) is 4.99 Å². The first-order valence-corrected chi connectivity index (χ1v) is 5.07. The highest BCUT2D eigenvalue weighted by atomic mass is 16.3. The normalized spacial score (nSPS) is 19.4. The monoisotopic (exact) mass is 195 g/mol. The number of ketones is 1. The number of hydrogen-bond donors (Lipinski definition) is 1. The molecule has 14 heavy (non-hydrogen) atoms. The van der Waals surface area contributed by atoms with E-state index in [1.165, 1.54) is 6.92 Å². The van der Waals surface area contributed by atoms with E-state index in [1.54, 1.807) is 6.92 Å². The van der Waals surface area contributed by atoms with E-state index in [0.29, 0.717) is 5.57 Å². The molecule has 0 bridgehead atoms. The zero-order valence-corrected chi connectivity index (χ0v) is 8.84. The third kappa shape index (κ3) is 2.69. The van der Waals surface area contributed by atoms with Crippen LogP contribution in [0.4, 0.5) is 0 Å². The molecule has 0 atom stereocenters. The number of carbonyl (C=O) groups excluding carboxylic acids is 1. The molecule has 0 aromatic heterocycles. The molecule has 3 nitrogen and oxygen atoms in total. The average molecular weight is 195 g/mol. The minimum atomic E-state index is -0.0920. The van der Waals surface area contributed by atoms with Crippen LogP contribution in [0.25, 0.3) is 0 Å². The predicted molar refractivity (Wildman–Crippen MR) is 56.8 cm³/mol. The summed E-state index contributed by atoms with van der Waals surface area (Å²) in [6, 6.07) is 0. The predicted octanol–water partition coefficient (Wildman–Crippen LogP) is 2.42. The molecule has 0 radical (unpaired) electrons. The Morgan fingerprint density at radius 2 is 2.00 bits per heavy atom. The van der Waals surface area contributed by atoms with Crippen LogP contribution in [-0.4, -0.2) is 23.1 Å². The molecule has 78 valence electrons. The summed E-state index contributed by atoms with van der Waals surface area (Å²) in [4.78, 5) is 15.6. The van der Waals surface area contributed by atoms with Gasteiger partial charge in [0.2, 0.25) is 0 Å². The molecule has 0 aromatic rings. The molecular formula is C11H17NO2. The average Bonchev–Trinajstić information content (AvgIpc) is 2.31. The summed E-state index contributed by atoms with van der Waals surface area (Å²) >= 11 is 0. The number of aliphatic hydroxyl groups excluding tert-OH is 1. The van der Waals surface area contributed by atoms with Crippen LogP contribution < -0.4 is 0 Å². The van der Waals surface area contributed by atoms with Crippen LogP contribution in [0.3, 0.4) is 0 Å². The van der Waals surface area contributed by atoms with Crippen LogP contribution >= 0.6 is 0 Å². The van der Waals surface area contributed by atoms with Gasteiger partial charge >= 0.3 is 0 Å². The Hall–Kier alpha value is -1.12. The van der Waals surface area contributed by atoms with Crippen LogP contribution in [-0.2, 0) is 4.79 Å². The van der Waals surface area contributed by atoms with Crippen LogP contribution in [0.1, 0.15) is 39.5 Å². The molecule has 0 saturated carbocycles. The molecule has 0 aliphatic carbocycles. The largest absolute Gasteiger partial charge is 0.512 e. The summed E-state index contributed by atoms with van der Waals surface area (Å²) in [7, 11) is 0. The molecule has 3 heteroatoms. The fraction of sp³-hybridized carbons (Fsp3) is 0.636. The van der Waals surface area contributed by atoms with Crippen molar-refractivity contribution in [2.45, 2.75) is 39.5 Å². The Balaban J connectivity index is 2.93. The number of nitrogens with zero attached hydrogens (tertiary/aromatic N) is 1. The molecular weight excluding hydrogens is 178 g/mol. The fourth-order valence-electron chi connectivity index (χ4n) is 1.74. The van der Waals surface area contributed by atoms with Crippen molar-refractivity contribution in [2.24, 2.45) is 4.99 Å². The minimum absolute atomic E-state index is 0.0920. The van der Waals surface area contributed by atoms with Gasteiger partial charge in [0.25, 0.3) is 0 Å². The van der Waals surface area contributed by atoms with Crippen molar-refractivity contribution in [1.82, 2.24) is 0 Å². The van der Waals surface area contributed by atoms with E-state index >= 15 is 0 Å². The van der Waals surface area contributed by atoms with Crippen molar-refractivity contribution < 1.29 is 9.90 Å². The van der Waals surface area contributed by atoms with Crippen molar-refractivity contribution in [3.05, 3.63) is 11.3 Å². The molecule has 0 saturated heterocycles. The van der Waals surface area contributed by atoms with Crippen LogP contribution in [0, 0.1) is 0 Å². The van der Waals surface area contributed by atoms with E-state index < -0.39 is 0 Å². The maximum absolute atomic E-state index is 11.3. The van der Waals surface area contributed by atoms with Gasteiger partial charge in [-0.2, -0.15) is 0 Å². The number of hydrogen-bond acceptors (Lipinski definition) is 3. The second-order valence-corrected chi connectivity index (χ2v) is 3.66. The SMILES string of the molecule is CC(=O)/C(C1=NCCCCC1)=C(\C)O. The maximum Gasteiger partial charge on any atom is 0.164 e. The van der Waals surface area contributed by atoms with Gasteiger partial charge in [0, 0.05) is 12.3 Å². The van der Waals surface area contributed by atoms with Gasteiger partial charge in [0.05, 0.1) is 5.57 Å². The van der Waals surface area contributed by atoms with Crippen molar-refractivity contribution in [1.29, 1.82) is 0 Å². The number of aliphatic imine (C=N–C) groups is 1. The molecule has 1 heterocycles.